The highest BCUT2D eigenvalue weighted by Crippen LogP contribution is 2.53. The Morgan fingerprint density at radius 1 is 1.13 bits per heavy atom. The summed E-state index contributed by atoms with van der Waals surface area (Å²) in [5.74, 6) is -1.70. The van der Waals surface area contributed by atoms with Crippen LogP contribution in [0.4, 0.5) is 5.69 Å². The lowest BCUT2D eigenvalue weighted by molar-refractivity contribution is -0.297. The molecule has 0 N–H and O–H groups in total. The van der Waals surface area contributed by atoms with E-state index in [4.69, 9.17) is 0 Å². The summed E-state index contributed by atoms with van der Waals surface area (Å²) in [7, 11) is 0. The minimum atomic E-state index is -1.29. The topological polar surface area (TPSA) is 77.5 Å². The number of hydrogen-bond donors (Lipinski definition) is 0. The van der Waals surface area contributed by atoms with Gasteiger partial charge in [0.2, 0.25) is 11.8 Å². The van der Waals surface area contributed by atoms with Gasteiger partial charge in [0.15, 0.2) is 0 Å². The Kier molecular flexibility index (Phi) is 2.98. The van der Waals surface area contributed by atoms with Crippen molar-refractivity contribution in [1.29, 1.82) is 0 Å². The van der Waals surface area contributed by atoms with Gasteiger partial charge in [0.25, 0.3) is 0 Å². The molecule has 23 heavy (non-hydrogen) atoms. The van der Waals surface area contributed by atoms with E-state index in [0.29, 0.717) is 11.3 Å². The minimum absolute atomic E-state index is 0.141. The first-order chi connectivity index (χ1) is 11.1. The van der Waals surface area contributed by atoms with Gasteiger partial charge in [-0.05, 0) is 42.0 Å². The molecule has 0 unspecified atom stereocenters. The van der Waals surface area contributed by atoms with E-state index < -0.39 is 5.97 Å². The van der Waals surface area contributed by atoms with Gasteiger partial charge < -0.3 is 9.90 Å². The predicted octanol–water partition coefficient (Wildman–Crippen LogP) is 0.761. The molecule has 1 aromatic carbocycles. The average Bonchev–Trinajstić information content (AvgIpc) is 3.20. The fraction of sp³-hybridized carbons (Fsp3) is 0.278. The van der Waals surface area contributed by atoms with Gasteiger partial charge in [0, 0.05) is 0 Å². The number of aliphatic carboxylic acids is 1. The van der Waals surface area contributed by atoms with Crippen molar-refractivity contribution in [2.75, 3.05) is 4.90 Å². The van der Waals surface area contributed by atoms with Gasteiger partial charge in [-0.3, -0.25) is 9.59 Å². The van der Waals surface area contributed by atoms with Crippen LogP contribution in [-0.4, -0.2) is 17.8 Å². The van der Waals surface area contributed by atoms with E-state index in [2.05, 4.69) is 12.2 Å². The summed E-state index contributed by atoms with van der Waals surface area (Å²) in [6, 6.07) is 6.75. The molecule has 0 spiro atoms. The number of anilines is 1. The van der Waals surface area contributed by atoms with Crippen LogP contribution in [0.2, 0.25) is 0 Å². The van der Waals surface area contributed by atoms with Crippen molar-refractivity contribution in [2.24, 2.45) is 23.7 Å². The highest BCUT2D eigenvalue weighted by Gasteiger charge is 2.59. The molecular weight excluding hydrogens is 294 g/mol. The second-order valence-corrected chi connectivity index (χ2v) is 6.26. The van der Waals surface area contributed by atoms with Crippen LogP contribution < -0.4 is 10.0 Å². The van der Waals surface area contributed by atoms with Crippen LogP contribution in [0.15, 0.2) is 42.5 Å². The molecule has 2 aliphatic carbocycles. The van der Waals surface area contributed by atoms with Crippen molar-refractivity contribution in [3.8, 4) is 0 Å². The van der Waals surface area contributed by atoms with Crippen molar-refractivity contribution < 1.29 is 19.5 Å². The van der Waals surface area contributed by atoms with Crippen molar-refractivity contribution in [2.45, 2.75) is 6.42 Å². The van der Waals surface area contributed by atoms with E-state index in [1.165, 1.54) is 11.0 Å². The van der Waals surface area contributed by atoms with Crippen molar-refractivity contribution in [3.05, 3.63) is 48.1 Å². The number of nitrogens with zero attached hydrogens (tertiary/aromatic N) is 1. The standard InChI is InChI=1S/C18H15NO4/c20-14(21)7-4-10-2-1-3-13(8-10)19-17(22)15-11-5-6-12(9-11)16(15)18(19)23/h1-8,11-12,15-16H,9H2,(H,20,21)/p-1/b7-4+/t11-,12+,15-,16-/m0/s1. The third kappa shape index (κ3) is 2.04. The van der Waals surface area contributed by atoms with Crippen molar-refractivity contribution in [1.82, 2.24) is 0 Å². The number of carbonyl (C=O) groups is 3. The smallest absolute Gasteiger partial charge is 0.238 e. The predicted molar refractivity (Wildman–Crippen MR) is 80.7 cm³/mol. The fourth-order valence-corrected chi connectivity index (χ4v) is 4.09. The fourth-order valence-electron chi connectivity index (χ4n) is 4.09. The molecule has 5 nitrogen and oxygen atoms in total. The number of rotatable bonds is 3. The summed E-state index contributed by atoms with van der Waals surface area (Å²) >= 11 is 0. The number of carboxylic acid groups (broad SMARTS) is 1. The van der Waals surface area contributed by atoms with Gasteiger partial charge in [0.05, 0.1) is 23.5 Å². The summed E-state index contributed by atoms with van der Waals surface area (Å²) in [5.41, 5.74) is 1.10. The van der Waals surface area contributed by atoms with Crippen molar-refractivity contribution in [3.63, 3.8) is 0 Å². The first kappa shape index (κ1) is 13.9. The highest BCUT2D eigenvalue weighted by molar-refractivity contribution is 6.22. The van der Waals surface area contributed by atoms with E-state index in [9.17, 15) is 19.5 Å². The zero-order valence-electron chi connectivity index (χ0n) is 12.2. The zero-order chi connectivity index (χ0) is 16.1. The average molecular weight is 308 g/mol. The number of fused-ring (bicyclic) bond motifs is 5. The van der Waals surface area contributed by atoms with Gasteiger partial charge >= 0.3 is 0 Å². The highest BCUT2D eigenvalue weighted by atomic mass is 16.4. The van der Waals surface area contributed by atoms with Crippen LogP contribution in [0.1, 0.15) is 12.0 Å². The number of allylic oxidation sites excluding steroid dienone is 2. The molecule has 2 amide bonds. The molecule has 5 heteroatoms. The summed E-state index contributed by atoms with van der Waals surface area (Å²) < 4.78 is 0. The molecule has 0 radical (unpaired) electrons. The van der Waals surface area contributed by atoms with Crippen molar-refractivity contribution >= 4 is 29.5 Å². The molecule has 3 aliphatic rings. The minimum Gasteiger partial charge on any atom is -0.545 e. The Morgan fingerprint density at radius 3 is 2.39 bits per heavy atom. The Labute approximate surface area is 132 Å². The molecule has 1 saturated carbocycles. The maximum Gasteiger partial charge on any atom is 0.238 e. The third-order valence-corrected chi connectivity index (χ3v) is 5.01. The molecule has 1 heterocycles. The molecule has 1 aromatic rings. The second-order valence-electron chi connectivity index (χ2n) is 6.26. The second kappa shape index (κ2) is 4.91. The summed E-state index contributed by atoms with van der Waals surface area (Å²) in [6.45, 7) is 0. The SMILES string of the molecule is O=C([O-])/C=C/c1cccc(N2C(=O)[C@@H]3[C@@H](C2=O)[C@H]2C=C[C@@H]3C2)c1. The largest absolute Gasteiger partial charge is 0.545 e. The van der Waals surface area contributed by atoms with E-state index in [0.717, 1.165) is 12.5 Å². The Morgan fingerprint density at radius 2 is 1.78 bits per heavy atom. The van der Waals surface area contributed by atoms with Crippen LogP contribution in [0.3, 0.4) is 0 Å². The molecule has 0 aromatic heterocycles. The quantitative estimate of drug-likeness (QED) is 0.469. The summed E-state index contributed by atoms with van der Waals surface area (Å²) in [5, 5.41) is 10.5. The van der Waals surface area contributed by atoms with Crippen LogP contribution in [0.25, 0.3) is 6.08 Å². The third-order valence-electron chi connectivity index (χ3n) is 5.01. The van der Waals surface area contributed by atoms with Gasteiger partial charge in [0.1, 0.15) is 0 Å². The normalized spacial score (nSPS) is 31.4. The van der Waals surface area contributed by atoms with Crippen LogP contribution in [0.5, 0.6) is 0 Å². The number of carboxylic acids is 1. The monoisotopic (exact) mass is 308 g/mol. The number of carbonyl (C=O) groups excluding carboxylic acids is 3. The van der Waals surface area contributed by atoms with Crippen LogP contribution >= 0.6 is 0 Å². The molecule has 1 aliphatic heterocycles. The molecule has 2 fully saturated rings. The first-order valence-corrected chi connectivity index (χ1v) is 7.61. The number of imide groups is 1. The summed E-state index contributed by atoms with van der Waals surface area (Å²) in [6.07, 6.45) is 7.32. The van der Waals surface area contributed by atoms with Crippen LogP contribution in [-0.2, 0) is 14.4 Å². The first-order valence-electron chi connectivity index (χ1n) is 7.61. The maximum absolute atomic E-state index is 12.7. The maximum atomic E-state index is 12.7. The Balaban J connectivity index is 1.67. The van der Waals surface area contributed by atoms with E-state index in [-0.39, 0.29) is 35.5 Å². The lowest BCUT2D eigenvalue weighted by Gasteiger charge is -2.17. The number of hydrogen-bond acceptors (Lipinski definition) is 4. The van der Waals surface area contributed by atoms with E-state index in [1.807, 2.05) is 0 Å². The molecule has 2 bridgehead atoms. The Bertz CT molecular complexity index is 749. The van der Waals surface area contributed by atoms with Gasteiger partial charge in [-0.25, -0.2) is 4.90 Å². The molecular formula is C18H14NO4-. The molecule has 116 valence electrons. The van der Waals surface area contributed by atoms with Gasteiger partial charge in [-0.15, -0.1) is 0 Å². The lowest BCUT2D eigenvalue weighted by atomic mass is 9.85. The van der Waals surface area contributed by atoms with E-state index in [1.54, 1.807) is 24.3 Å². The van der Waals surface area contributed by atoms with Crippen LogP contribution in [0, 0.1) is 23.7 Å². The molecule has 4 atom stereocenters. The Hall–Kier alpha value is -2.69. The number of amides is 2. The molecule has 1 saturated heterocycles. The summed E-state index contributed by atoms with van der Waals surface area (Å²) in [4.78, 5) is 37.2. The zero-order valence-corrected chi connectivity index (χ0v) is 12.2. The van der Waals surface area contributed by atoms with Gasteiger partial charge in [-0.1, -0.05) is 30.4 Å². The molecule has 4 rings (SSSR count). The lowest BCUT2D eigenvalue weighted by Crippen LogP contribution is -2.32. The van der Waals surface area contributed by atoms with E-state index >= 15 is 0 Å². The van der Waals surface area contributed by atoms with Gasteiger partial charge in [-0.2, -0.15) is 0 Å². The number of benzene rings is 1.